The Morgan fingerprint density at radius 3 is 2.92 bits per heavy atom. The summed E-state index contributed by atoms with van der Waals surface area (Å²) in [6.07, 6.45) is 4.49. The van der Waals surface area contributed by atoms with Gasteiger partial charge in [-0.05, 0) is 34.6 Å². The van der Waals surface area contributed by atoms with Crippen LogP contribution in [0.1, 0.15) is 37.5 Å². The molecule has 2 heterocycles. The number of hydrogen-bond acceptors (Lipinski definition) is 7. The number of hydrogen-bond donors (Lipinski definition) is 2. The lowest BCUT2D eigenvalue weighted by atomic mass is 9.94. The third-order valence-electron chi connectivity index (χ3n) is 6.46. The molecular weight excluding hydrogens is 493 g/mol. The molecule has 202 valence electrons. The van der Waals surface area contributed by atoms with E-state index >= 15 is 0 Å². The first kappa shape index (κ1) is 30.8. The summed E-state index contributed by atoms with van der Waals surface area (Å²) in [6.45, 7) is 10.7. The lowest BCUT2D eigenvalue weighted by Crippen LogP contribution is -2.46. The van der Waals surface area contributed by atoms with Gasteiger partial charge < -0.3 is 20.1 Å². The highest BCUT2D eigenvalue weighted by Crippen LogP contribution is 2.33. The first-order valence-corrected chi connectivity index (χ1v) is 14.4. The van der Waals surface area contributed by atoms with Gasteiger partial charge in [0.15, 0.2) is 0 Å². The molecule has 8 heteroatoms. The van der Waals surface area contributed by atoms with Crippen LogP contribution < -0.4 is 5.32 Å². The second-order valence-electron chi connectivity index (χ2n) is 9.00. The molecule has 2 N–H and O–H groups in total. The van der Waals surface area contributed by atoms with Crippen molar-refractivity contribution in [3.05, 3.63) is 64.3 Å². The van der Waals surface area contributed by atoms with Gasteiger partial charge in [0.05, 0.1) is 18.1 Å². The number of rotatable bonds is 10. The van der Waals surface area contributed by atoms with Gasteiger partial charge in [-0.3, -0.25) is 4.90 Å². The highest BCUT2D eigenvalue weighted by atomic mass is 32.2. The SMILES string of the molecule is C.C=C(CSCC1SC=C(CC)N1C)NCC1CN(Cc2ccc3c(c2)C=CC(F)C3)CCO1.CO. The molecule has 4 rings (SSSR count). The molecule has 3 atom stereocenters. The Hall–Kier alpha value is -1.45. The minimum absolute atomic E-state index is 0. The predicted molar refractivity (Wildman–Crippen MR) is 156 cm³/mol. The fourth-order valence-corrected chi connectivity index (χ4v) is 6.93. The van der Waals surface area contributed by atoms with E-state index in [1.807, 2.05) is 29.6 Å². The molecule has 1 fully saturated rings. The zero-order chi connectivity index (χ0) is 25.2. The third-order valence-corrected chi connectivity index (χ3v) is 8.98. The monoisotopic (exact) mass is 537 g/mol. The topological polar surface area (TPSA) is 48.0 Å². The van der Waals surface area contributed by atoms with Crippen LogP contribution >= 0.6 is 23.5 Å². The Kier molecular flexibility index (Phi) is 13.4. The highest BCUT2D eigenvalue weighted by Gasteiger charge is 2.23. The average molecular weight is 538 g/mol. The molecule has 1 aromatic carbocycles. The summed E-state index contributed by atoms with van der Waals surface area (Å²) >= 11 is 3.86. The Labute approximate surface area is 226 Å². The number of fused-ring (bicyclic) bond motifs is 1. The molecule has 0 amide bonds. The Morgan fingerprint density at radius 1 is 1.36 bits per heavy atom. The van der Waals surface area contributed by atoms with Crippen molar-refractivity contribution >= 4 is 29.6 Å². The predicted octanol–water partition coefficient (Wildman–Crippen LogP) is 5.13. The summed E-state index contributed by atoms with van der Waals surface area (Å²) in [5.41, 5.74) is 6.05. The molecule has 1 aromatic rings. The molecule has 5 nitrogen and oxygen atoms in total. The number of halogens is 1. The number of nitrogens with one attached hydrogen (secondary N) is 1. The van der Waals surface area contributed by atoms with E-state index in [0.717, 1.165) is 74.6 Å². The maximum atomic E-state index is 13.6. The van der Waals surface area contributed by atoms with E-state index in [9.17, 15) is 4.39 Å². The number of nitrogens with zero attached hydrogens (tertiary/aromatic N) is 2. The smallest absolute Gasteiger partial charge is 0.123 e. The summed E-state index contributed by atoms with van der Waals surface area (Å²) in [6, 6.07) is 6.44. The largest absolute Gasteiger partial charge is 0.400 e. The number of allylic oxidation sites excluding steroid dienone is 2. The van der Waals surface area contributed by atoms with E-state index in [1.165, 1.54) is 11.3 Å². The summed E-state index contributed by atoms with van der Waals surface area (Å²) in [5, 5.41) is 13.3. The van der Waals surface area contributed by atoms with Gasteiger partial charge in [-0.15, -0.1) is 11.8 Å². The number of aliphatic hydroxyl groups excluding tert-OH is 1. The van der Waals surface area contributed by atoms with Crippen LogP contribution in [0, 0.1) is 0 Å². The lowest BCUT2D eigenvalue weighted by Gasteiger charge is -2.33. The number of alkyl halides is 1. The molecule has 0 bridgehead atoms. The molecule has 0 spiro atoms. The summed E-state index contributed by atoms with van der Waals surface area (Å²) in [7, 11) is 3.19. The summed E-state index contributed by atoms with van der Waals surface area (Å²) in [5.74, 6) is 2.02. The zero-order valence-corrected chi connectivity index (χ0v) is 22.8. The van der Waals surface area contributed by atoms with Crippen molar-refractivity contribution in [2.24, 2.45) is 0 Å². The molecule has 1 aliphatic carbocycles. The van der Waals surface area contributed by atoms with Crippen molar-refractivity contribution in [3.63, 3.8) is 0 Å². The molecule has 0 aromatic heterocycles. The first-order chi connectivity index (χ1) is 17.0. The van der Waals surface area contributed by atoms with Crippen molar-refractivity contribution in [3.8, 4) is 0 Å². The van der Waals surface area contributed by atoms with Gasteiger partial charge in [0.25, 0.3) is 0 Å². The van der Waals surface area contributed by atoms with E-state index in [0.29, 0.717) is 11.8 Å². The Morgan fingerprint density at radius 2 is 2.17 bits per heavy atom. The number of ether oxygens (including phenoxy) is 1. The molecule has 36 heavy (non-hydrogen) atoms. The van der Waals surface area contributed by atoms with Crippen molar-refractivity contribution in [1.29, 1.82) is 0 Å². The number of thioether (sulfide) groups is 2. The van der Waals surface area contributed by atoms with Crippen LogP contribution in [0.3, 0.4) is 0 Å². The van der Waals surface area contributed by atoms with Gasteiger partial charge in [0.2, 0.25) is 0 Å². The maximum Gasteiger partial charge on any atom is 0.123 e. The van der Waals surface area contributed by atoms with E-state index in [4.69, 9.17) is 9.84 Å². The van der Waals surface area contributed by atoms with Crippen molar-refractivity contribution < 1.29 is 14.2 Å². The van der Waals surface area contributed by atoms with Gasteiger partial charge in [-0.25, -0.2) is 4.39 Å². The molecular formula is C28H44FN3O2S2. The third kappa shape index (κ3) is 8.84. The molecule has 1 saturated heterocycles. The van der Waals surface area contributed by atoms with Crippen LogP contribution in [-0.4, -0.2) is 84.5 Å². The van der Waals surface area contributed by atoms with Crippen LogP contribution in [0.4, 0.5) is 4.39 Å². The fourth-order valence-electron chi connectivity index (χ4n) is 4.47. The lowest BCUT2D eigenvalue weighted by molar-refractivity contribution is -0.0289. The van der Waals surface area contributed by atoms with Gasteiger partial charge in [0, 0.05) is 69.7 Å². The van der Waals surface area contributed by atoms with E-state index in [-0.39, 0.29) is 13.5 Å². The number of morpholine rings is 1. The van der Waals surface area contributed by atoms with Gasteiger partial charge in [-0.1, -0.05) is 45.2 Å². The van der Waals surface area contributed by atoms with Crippen LogP contribution in [0.2, 0.25) is 0 Å². The molecule has 3 aliphatic rings. The van der Waals surface area contributed by atoms with E-state index in [1.54, 1.807) is 6.08 Å². The zero-order valence-electron chi connectivity index (χ0n) is 21.2. The van der Waals surface area contributed by atoms with Crippen LogP contribution in [0.5, 0.6) is 0 Å². The Balaban J connectivity index is 0.00000148. The summed E-state index contributed by atoms with van der Waals surface area (Å²) < 4.78 is 19.6. The number of benzene rings is 1. The average Bonchev–Trinajstić information content (AvgIpc) is 3.23. The van der Waals surface area contributed by atoms with Gasteiger partial charge in [0.1, 0.15) is 6.17 Å². The molecule has 2 aliphatic heterocycles. The normalized spacial score (nSPS) is 23.2. The standard InChI is InChI=1S/C26H36FN3OS2.CH4O.CH4/c1-4-24-17-33-26(29(24)3)18-32-16-19(2)28-13-25-15-30(9-10-31-25)14-20-5-6-22-12-23(27)8-7-21(22)11-20;1-2;/h5-8,11,17,23,25-26,28H,2,4,9-10,12-16,18H2,1,3H3;2H,1H3;1H4. The van der Waals surface area contributed by atoms with Crippen molar-refractivity contribution in [2.45, 2.75) is 51.4 Å². The Bertz CT molecular complexity index is 896. The molecule has 0 radical (unpaired) electrons. The van der Waals surface area contributed by atoms with Gasteiger partial charge >= 0.3 is 0 Å². The van der Waals surface area contributed by atoms with Crippen LogP contribution in [-0.2, 0) is 17.7 Å². The van der Waals surface area contributed by atoms with Crippen molar-refractivity contribution in [2.75, 3.05) is 51.9 Å². The summed E-state index contributed by atoms with van der Waals surface area (Å²) in [4.78, 5) is 4.85. The highest BCUT2D eigenvalue weighted by molar-refractivity contribution is 8.05. The van der Waals surface area contributed by atoms with Crippen LogP contribution in [0.15, 0.2) is 47.7 Å². The first-order valence-electron chi connectivity index (χ1n) is 12.3. The fraction of sp³-hybridized carbons (Fsp3) is 0.571. The number of aliphatic hydroxyl groups is 1. The minimum atomic E-state index is -0.849. The van der Waals surface area contributed by atoms with E-state index < -0.39 is 6.17 Å². The maximum absolute atomic E-state index is 13.6. The second-order valence-corrected chi connectivity index (χ2v) is 11.1. The molecule has 3 unspecified atom stereocenters. The second kappa shape index (κ2) is 15.7. The van der Waals surface area contributed by atoms with E-state index in [2.05, 4.69) is 59.3 Å². The van der Waals surface area contributed by atoms with Gasteiger partial charge in [-0.2, -0.15) is 11.8 Å². The minimum Gasteiger partial charge on any atom is -0.400 e. The quantitative estimate of drug-likeness (QED) is 0.429. The molecule has 0 saturated carbocycles. The van der Waals surface area contributed by atoms with Crippen molar-refractivity contribution in [1.82, 2.24) is 15.1 Å². The van der Waals surface area contributed by atoms with Crippen LogP contribution in [0.25, 0.3) is 6.08 Å².